The van der Waals surface area contributed by atoms with Gasteiger partial charge in [-0.15, -0.1) is 0 Å². The number of hydrogen-bond acceptors (Lipinski definition) is 5. The van der Waals surface area contributed by atoms with Crippen molar-refractivity contribution in [3.8, 4) is 0 Å². The van der Waals surface area contributed by atoms with Crippen LogP contribution in [0.1, 0.15) is 59.6 Å². The van der Waals surface area contributed by atoms with Gasteiger partial charge in [-0.1, -0.05) is 30.3 Å². The largest absolute Gasteiger partial charge is 0.460 e. The quantitative estimate of drug-likeness (QED) is 0.849. The molecular formula is C20H29NO4. The van der Waals surface area contributed by atoms with Gasteiger partial charge in [0.15, 0.2) is 0 Å². The van der Waals surface area contributed by atoms with Crippen LogP contribution >= 0.6 is 0 Å². The summed E-state index contributed by atoms with van der Waals surface area (Å²) in [5.41, 5.74) is -0.169. The Hall–Kier alpha value is -1.88. The molecule has 5 heteroatoms. The summed E-state index contributed by atoms with van der Waals surface area (Å²) in [6.45, 7) is 11.0. The van der Waals surface area contributed by atoms with Gasteiger partial charge >= 0.3 is 11.9 Å². The van der Waals surface area contributed by atoms with Crippen molar-refractivity contribution in [2.45, 2.75) is 71.2 Å². The van der Waals surface area contributed by atoms with E-state index in [1.165, 1.54) is 0 Å². The van der Waals surface area contributed by atoms with E-state index in [-0.39, 0.29) is 18.0 Å². The maximum absolute atomic E-state index is 12.7. The fraction of sp³-hybridized carbons (Fsp3) is 0.600. The molecule has 1 saturated heterocycles. The highest BCUT2D eigenvalue weighted by Crippen LogP contribution is 2.35. The number of carbonyl (C=O) groups excluding carboxylic acids is 2. The van der Waals surface area contributed by atoms with E-state index in [0.29, 0.717) is 6.42 Å². The molecule has 0 radical (unpaired) electrons. The van der Waals surface area contributed by atoms with Crippen LogP contribution in [0.3, 0.4) is 0 Å². The van der Waals surface area contributed by atoms with Crippen molar-refractivity contribution in [3.05, 3.63) is 35.9 Å². The second-order valence-electron chi connectivity index (χ2n) is 8.52. The summed E-state index contributed by atoms with van der Waals surface area (Å²) >= 11 is 0. The van der Waals surface area contributed by atoms with Gasteiger partial charge in [0.1, 0.15) is 17.2 Å². The summed E-state index contributed by atoms with van der Waals surface area (Å²) < 4.78 is 11.1. The number of hydrogen-bond donors (Lipinski definition) is 1. The van der Waals surface area contributed by atoms with Gasteiger partial charge in [-0.25, -0.2) is 0 Å². The summed E-state index contributed by atoms with van der Waals surface area (Å²) in [6, 6.07) is 8.87. The normalized spacial score (nSPS) is 24.0. The van der Waals surface area contributed by atoms with E-state index in [9.17, 15) is 9.59 Å². The van der Waals surface area contributed by atoms with Crippen molar-refractivity contribution < 1.29 is 19.1 Å². The molecule has 0 aromatic heterocycles. The zero-order valence-electron chi connectivity index (χ0n) is 16.0. The van der Waals surface area contributed by atoms with Gasteiger partial charge in [0, 0.05) is 6.04 Å². The molecular weight excluding hydrogens is 318 g/mol. The fourth-order valence-corrected chi connectivity index (χ4v) is 2.93. The molecule has 1 aliphatic rings. The second-order valence-corrected chi connectivity index (χ2v) is 8.52. The van der Waals surface area contributed by atoms with E-state index in [1.54, 1.807) is 0 Å². The van der Waals surface area contributed by atoms with Gasteiger partial charge in [-0.2, -0.15) is 0 Å². The summed E-state index contributed by atoms with van der Waals surface area (Å²) in [4.78, 5) is 25.1. The van der Waals surface area contributed by atoms with Crippen LogP contribution in [0.4, 0.5) is 0 Å². The van der Waals surface area contributed by atoms with Gasteiger partial charge in [0.05, 0.1) is 5.92 Å². The number of ether oxygens (including phenoxy) is 2. The van der Waals surface area contributed by atoms with E-state index < -0.39 is 23.2 Å². The highest BCUT2D eigenvalue weighted by molar-refractivity contribution is 5.81. The van der Waals surface area contributed by atoms with E-state index in [0.717, 1.165) is 5.56 Å². The first-order valence-electron chi connectivity index (χ1n) is 8.73. The average molecular weight is 347 g/mol. The smallest absolute Gasteiger partial charge is 0.323 e. The average Bonchev–Trinajstić information content (AvgIpc) is 2.90. The second kappa shape index (κ2) is 7.16. The minimum absolute atomic E-state index is 0.270. The standard InChI is InChI=1S/C20H29NO4/c1-19(2,3)24-17(22)14-12-15(18(23)25-20(4,5)6)21-16(14)13-10-8-7-9-11-13/h7-11,14-16,21H,12H2,1-6H3. The minimum Gasteiger partial charge on any atom is -0.460 e. The van der Waals surface area contributed by atoms with Crippen molar-refractivity contribution in [1.29, 1.82) is 0 Å². The summed E-state index contributed by atoms with van der Waals surface area (Å²) in [5.74, 6) is -1.06. The predicted octanol–water partition coefficient (Wildman–Crippen LogP) is 3.39. The Bertz CT molecular complexity index is 613. The van der Waals surface area contributed by atoms with Crippen LogP contribution in [-0.2, 0) is 19.1 Å². The number of carbonyl (C=O) groups is 2. The lowest BCUT2D eigenvalue weighted by atomic mass is 9.93. The molecule has 138 valence electrons. The molecule has 1 aliphatic heterocycles. The lowest BCUT2D eigenvalue weighted by Gasteiger charge is -2.25. The highest BCUT2D eigenvalue weighted by atomic mass is 16.6. The Morgan fingerprint density at radius 1 is 0.920 bits per heavy atom. The van der Waals surface area contributed by atoms with Crippen molar-refractivity contribution in [1.82, 2.24) is 5.32 Å². The van der Waals surface area contributed by atoms with Gasteiger partial charge in [-0.3, -0.25) is 14.9 Å². The maximum atomic E-state index is 12.7. The Balaban J connectivity index is 2.22. The van der Waals surface area contributed by atoms with Crippen molar-refractivity contribution in [2.75, 3.05) is 0 Å². The van der Waals surface area contributed by atoms with Crippen molar-refractivity contribution >= 4 is 11.9 Å². The molecule has 0 aliphatic carbocycles. The molecule has 3 unspecified atom stereocenters. The summed E-state index contributed by atoms with van der Waals surface area (Å²) in [6.07, 6.45) is 0.364. The topological polar surface area (TPSA) is 64.6 Å². The molecule has 1 heterocycles. The zero-order chi connectivity index (χ0) is 18.8. The van der Waals surface area contributed by atoms with Crippen LogP contribution in [0.2, 0.25) is 0 Å². The van der Waals surface area contributed by atoms with Gasteiger partial charge in [0.2, 0.25) is 0 Å². The van der Waals surface area contributed by atoms with Gasteiger partial charge in [-0.05, 0) is 53.5 Å². The molecule has 1 fully saturated rings. The lowest BCUT2D eigenvalue weighted by molar-refractivity contribution is -0.160. The molecule has 25 heavy (non-hydrogen) atoms. The molecule has 2 rings (SSSR count). The summed E-state index contributed by atoms with van der Waals surface area (Å²) in [7, 11) is 0. The monoisotopic (exact) mass is 347 g/mol. The molecule has 0 spiro atoms. The molecule has 0 amide bonds. The fourth-order valence-electron chi connectivity index (χ4n) is 2.93. The highest BCUT2D eigenvalue weighted by Gasteiger charge is 2.44. The van der Waals surface area contributed by atoms with E-state index in [4.69, 9.17) is 9.47 Å². The van der Waals surface area contributed by atoms with Gasteiger partial charge in [0.25, 0.3) is 0 Å². The van der Waals surface area contributed by atoms with E-state index in [2.05, 4.69) is 5.32 Å². The van der Waals surface area contributed by atoms with Crippen LogP contribution in [0.5, 0.6) is 0 Å². The molecule has 1 aromatic rings. The third-order valence-electron chi connectivity index (χ3n) is 3.83. The number of nitrogens with one attached hydrogen (secondary N) is 1. The third kappa shape index (κ3) is 5.56. The zero-order valence-corrected chi connectivity index (χ0v) is 16.0. The van der Waals surface area contributed by atoms with Crippen molar-refractivity contribution in [3.63, 3.8) is 0 Å². The van der Waals surface area contributed by atoms with Gasteiger partial charge < -0.3 is 9.47 Å². The number of benzene rings is 1. The summed E-state index contributed by atoms with van der Waals surface area (Å²) in [5, 5.41) is 3.27. The molecule has 3 atom stereocenters. The Morgan fingerprint density at radius 2 is 1.44 bits per heavy atom. The molecule has 5 nitrogen and oxygen atoms in total. The first kappa shape index (κ1) is 19.4. The number of esters is 2. The van der Waals surface area contributed by atoms with Crippen LogP contribution < -0.4 is 5.32 Å². The SMILES string of the molecule is CC(C)(C)OC(=O)C1CC(C(=O)OC(C)(C)C)C(c2ccccc2)N1. The van der Waals surface area contributed by atoms with Crippen LogP contribution in [0.25, 0.3) is 0 Å². The molecule has 1 aromatic carbocycles. The Labute approximate surface area is 150 Å². The molecule has 0 bridgehead atoms. The Morgan fingerprint density at radius 3 is 1.96 bits per heavy atom. The first-order chi connectivity index (χ1) is 11.5. The lowest BCUT2D eigenvalue weighted by Crippen LogP contribution is -2.38. The molecule has 0 saturated carbocycles. The van der Waals surface area contributed by atoms with Crippen LogP contribution in [0, 0.1) is 5.92 Å². The van der Waals surface area contributed by atoms with Crippen molar-refractivity contribution in [2.24, 2.45) is 5.92 Å². The van der Waals surface area contributed by atoms with Crippen LogP contribution in [-0.4, -0.2) is 29.2 Å². The Kier molecular flexibility index (Phi) is 5.57. The predicted molar refractivity (Wildman–Crippen MR) is 95.9 cm³/mol. The van der Waals surface area contributed by atoms with Crippen LogP contribution in [0.15, 0.2) is 30.3 Å². The van der Waals surface area contributed by atoms with E-state index >= 15 is 0 Å². The first-order valence-corrected chi connectivity index (χ1v) is 8.73. The number of rotatable bonds is 3. The van der Waals surface area contributed by atoms with E-state index in [1.807, 2.05) is 71.9 Å². The minimum atomic E-state index is -0.567. The molecule has 1 N–H and O–H groups in total. The third-order valence-corrected chi connectivity index (χ3v) is 3.83. The maximum Gasteiger partial charge on any atom is 0.323 e.